The number of hydrogen-bond acceptors (Lipinski definition) is 6. The molecule has 0 atom stereocenters. The van der Waals surface area contributed by atoms with Crippen LogP contribution in [0.25, 0.3) is 0 Å². The summed E-state index contributed by atoms with van der Waals surface area (Å²) in [5.74, 6) is 0. The molecule has 4 aromatic rings. The van der Waals surface area contributed by atoms with E-state index in [1.54, 1.807) is 21.6 Å². The third kappa shape index (κ3) is 5.65. The highest BCUT2D eigenvalue weighted by Crippen LogP contribution is 2.45. The molecule has 0 saturated heterocycles. The number of benzene rings is 4. The van der Waals surface area contributed by atoms with Crippen LogP contribution >= 0.6 is 21.6 Å². The summed E-state index contributed by atoms with van der Waals surface area (Å²) in [7, 11) is 3.26. The zero-order valence-electron chi connectivity index (χ0n) is 16.0. The fraction of sp³-hybridized carbons (Fsp3) is 0. The van der Waals surface area contributed by atoms with E-state index in [-0.39, 0.29) is 0 Å². The highest BCUT2D eigenvalue weighted by atomic mass is 33.1. The Bertz CT molecular complexity index is 1050. The number of azo groups is 2. The van der Waals surface area contributed by atoms with Gasteiger partial charge in [-0.15, -0.1) is 10.2 Å². The van der Waals surface area contributed by atoms with E-state index in [2.05, 4.69) is 20.5 Å². The third-order valence-electron chi connectivity index (χ3n) is 4.01. The number of hydrogen-bond donors (Lipinski definition) is 0. The van der Waals surface area contributed by atoms with Crippen LogP contribution in [-0.4, -0.2) is 0 Å². The van der Waals surface area contributed by atoms with E-state index in [4.69, 9.17) is 0 Å². The van der Waals surface area contributed by atoms with Crippen molar-refractivity contribution in [3.8, 4) is 0 Å². The van der Waals surface area contributed by atoms with Gasteiger partial charge in [-0.3, -0.25) is 0 Å². The summed E-state index contributed by atoms with van der Waals surface area (Å²) in [6.07, 6.45) is 0. The number of rotatable bonds is 7. The van der Waals surface area contributed by atoms with Crippen molar-refractivity contribution in [1.29, 1.82) is 0 Å². The van der Waals surface area contributed by atoms with Crippen LogP contribution in [0.1, 0.15) is 0 Å². The van der Waals surface area contributed by atoms with Gasteiger partial charge in [-0.25, -0.2) is 0 Å². The maximum atomic E-state index is 4.44. The van der Waals surface area contributed by atoms with Crippen LogP contribution in [0, 0.1) is 0 Å². The summed E-state index contributed by atoms with van der Waals surface area (Å²) in [5, 5.41) is 17.6. The summed E-state index contributed by atoms with van der Waals surface area (Å²) < 4.78 is 0. The van der Waals surface area contributed by atoms with Gasteiger partial charge in [0.05, 0.1) is 11.4 Å². The highest BCUT2D eigenvalue weighted by molar-refractivity contribution is 8.76. The number of nitrogens with zero attached hydrogens (tertiary/aromatic N) is 4. The molecule has 0 aliphatic heterocycles. The molecule has 0 saturated carbocycles. The Morgan fingerprint density at radius 2 is 0.733 bits per heavy atom. The van der Waals surface area contributed by atoms with Gasteiger partial charge in [0.15, 0.2) is 0 Å². The lowest BCUT2D eigenvalue weighted by molar-refractivity contribution is 1.19. The van der Waals surface area contributed by atoms with E-state index in [1.807, 2.05) is 109 Å². The summed E-state index contributed by atoms with van der Waals surface area (Å²) in [6.45, 7) is 0. The van der Waals surface area contributed by atoms with Gasteiger partial charge in [-0.1, -0.05) is 82.3 Å². The Labute approximate surface area is 183 Å². The average Bonchev–Trinajstić information content (AvgIpc) is 2.82. The van der Waals surface area contributed by atoms with Crippen LogP contribution in [0.4, 0.5) is 22.7 Å². The zero-order valence-corrected chi connectivity index (χ0v) is 17.6. The molecule has 0 fully saturated rings. The summed E-state index contributed by atoms with van der Waals surface area (Å²) >= 11 is 0. The van der Waals surface area contributed by atoms with E-state index in [1.165, 1.54) is 0 Å². The van der Waals surface area contributed by atoms with Crippen LogP contribution in [0.2, 0.25) is 0 Å². The second-order valence-corrected chi connectivity index (χ2v) is 8.39. The van der Waals surface area contributed by atoms with Crippen molar-refractivity contribution < 1.29 is 0 Å². The van der Waals surface area contributed by atoms with E-state index in [9.17, 15) is 0 Å². The SMILES string of the molecule is c1ccc(/N=N/c2ccccc2SSc2ccccc2/N=N/c2ccccc2)cc1. The summed E-state index contributed by atoms with van der Waals surface area (Å²) in [4.78, 5) is 2.08. The van der Waals surface area contributed by atoms with Crippen LogP contribution < -0.4 is 0 Å². The lowest BCUT2D eigenvalue weighted by atomic mass is 10.3. The van der Waals surface area contributed by atoms with Gasteiger partial charge in [-0.2, -0.15) is 10.2 Å². The van der Waals surface area contributed by atoms with Gasteiger partial charge in [-0.05, 0) is 48.5 Å². The molecule has 4 aromatic carbocycles. The lowest BCUT2D eigenvalue weighted by Gasteiger charge is -2.06. The van der Waals surface area contributed by atoms with Crippen molar-refractivity contribution >= 4 is 44.3 Å². The third-order valence-corrected chi connectivity index (χ3v) is 6.47. The Kier molecular flexibility index (Phi) is 7.04. The molecule has 0 aromatic heterocycles. The van der Waals surface area contributed by atoms with Crippen LogP contribution in [0.5, 0.6) is 0 Å². The second kappa shape index (κ2) is 10.5. The van der Waals surface area contributed by atoms with E-state index < -0.39 is 0 Å². The topological polar surface area (TPSA) is 49.4 Å². The first-order valence-electron chi connectivity index (χ1n) is 9.35. The Balaban J connectivity index is 1.49. The first kappa shape index (κ1) is 20.1. The minimum absolute atomic E-state index is 0.830. The standard InChI is InChI=1S/C24H18N4S2/c1-3-11-19(12-4-1)25-27-21-15-7-9-17-23(21)29-30-24-18-10-8-16-22(24)28-26-20-13-5-2-6-14-20/h1-18H/b27-25+,28-26+. The van der Waals surface area contributed by atoms with Crippen molar-refractivity contribution in [3.05, 3.63) is 109 Å². The van der Waals surface area contributed by atoms with Crippen LogP contribution in [0.3, 0.4) is 0 Å². The molecule has 0 N–H and O–H groups in total. The van der Waals surface area contributed by atoms with E-state index in [0.717, 1.165) is 32.5 Å². The van der Waals surface area contributed by atoms with Gasteiger partial charge in [0.1, 0.15) is 11.4 Å². The normalized spacial score (nSPS) is 11.3. The molecule has 0 aliphatic rings. The van der Waals surface area contributed by atoms with Crippen LogP contribution in [-0.2, 0) is 0 Å². The Hall–Kier alpha value is -3.22. The Morgan fingerprint density at radius 3 is 1.17 bits per heavy atom. The van der Waals surface area contributed by atoms with Gasteiger partial charge in [0, 0.05) is 9.79 Å². The largest absolute Gasteiger partial charge is 0.151 e. The molecule has 4 rings (SSSR count). The maximum absolute atomic E-state index is 4.44. The molecule has 0 heterocycles. The average molecular weight is 427 g/mol. The summed E-state index contributed by atoms with van der Waals surface area (Å²) in [6, 6.07) is 35.4. The fourth-order valence-corrected chi connectivity index (χ4v) is 4.74. The molecule has 4 nitrogen and oxygen atoms in total. The monoisotopic (exact) mass is 426 g/mol. The fourth-order valence-electron chi connectivity index (χ4n) is 2.52. The second-order valence-electron chi connectivity index (χ2n) is 6.17. The van der Waals surface area contributed by atoms with Crippen molar-refractivity contribution in [1.82, 2.24) is 0 Å². The minimum atomic E-state index is 0.830. The van der Waals surface area contributed by atoms with Crippen molar-refractivity contribution in [2.24, 2.45) is 20.5 Å². The predicted molar refractivity (Wildman–Crippen MR) is 126 cm³/mol. The molecule has 0 radical (unpaired) electrons. The molecular weight excluding hydrogens is 408 g/mol. The van der Waals surface area contributed by atoms with Gasteiger partial charge in [0.25, 0.3) is 0 Å². The summed E-state index contributed by atoms with van der Waals surface area (Å²) in [5.41, 5.74) is 3.33. The first-order valence-corrected chi connectivity index (χ1v) is 11.5. The molecule has 146 valence electrons. The molecule has 0 aliphatic carbocycles. The molecular formula is C24H18N4S2. The van der Waals surface area contributed by atoms with Gasteiger partial charge >= 0.3 is 0 Å². The molecule has 0 bridgehead atoms. The molecule has 0 spiro atoms. The molecule has 0 amide bonds. The molecule has 6 heteroatoms. The van der Waals surface area contributed by atoms with E-state index >= 15 is 0 Å². The zero-order chi connectivity index (χ0) is 20.4. The quantitative estimate of drug-likeness (QED) is 0.218. The first-order chi connectivity index (χ1) is 14.9. The Morgan fingerprint density at radius 1 is 0.367 bits per heavy atom. The van der Waals surface area contributed by atoms with Crippen molar-refractivity contribution in [2.45, 2.75) is 9.79 Å². The lowest BCUT2D eigenvalue weighted by Crippen LogP contribution is -1.73. The van der Waals surface area contributed by atoms with Crippen molar-refractivity contribution in [3.63, 3.8) is 0 Å². The van der Waals surface area contributed by atoms with Crippen molar-refractivity contribution in [2.75, 3.05) is 0 Å². The van der Waals surface area contributed by atoms with E-state index in [0.29, 0.717) is 0 Å². The minimum Gasteiger partial charge on any atom is -0.151 e. The van der Waals surface area contributed by atoms with Crippen LogP contribution in [0.15, 0.2) is 139 Å². The smallest absolute Gasteiger partial charge is 0.100 e. The van der Waals surface area contributed by atoms with Gasteiger partial charge < -0.3 is 0 Å². The maximum Gasteiger partial charge on any atom is 0.100 e. The molecule has 30 heavy (non-hydrogen) atoms. The molecule has 0 unspecified atom stereocenters. The predicted octanol–water partition coefficient (Wildman–Crippen LogP) is 9.32. The van der Waals surface area contributed by atoms with Gasteiger partial charge in [0.2, 0.25) is 0 Å². The highest BCUT2D eigenvalue weighted by Gasteiger charge is 2.07.